The van der Waals surface area contributed by atoms with Crippen LogP contribution in [0.5, 0.6) is 0 Å². The van der Waals surface area contributed by atoms with Gasteiger partial charge in [-0.15, -0.1) is 0 Å². The molecule has 3 nitrogen and oxygen atoms in total. The second-order valence-electron chi connectivity index (χ2n) is 5.75. The molecule has 0 amide bonds. The zero-order chi connectivity index (χ0) is 12.7. The molecule has 1 aliphatic heterocycles. The monoisotopic (exact) mass is 242 g/mol. The second-order valence-corrected chi connectivity index (χ2v) is 5.75. The summed E-state index contributed by atoms with van der Waals surface area (Å²) < 4.78 is 0. The molecule has 0 bridgehead atoms. The number of piperidine rings is 1. The van der Waals surface area contributed by atoms with Crippen LogP contribution in [0.2, 0.25) is 0 Å². The van der Waals surface area contributed by atoms with E-state index < -0.39 is 0 Å². The van der Waals surface area contributed by atoms with E-state index in [1.165, 1.54) is 45.3 Å². The van der Waals surface area contributed by atoms with Crippen LogP contribution in [-0.2, 0) is 0 Å². The fourth-order valence-electron chi connectivity index (χ4n) is 2.58. The van der Waals surface area contributed by atoms with Crippen molar-refractivity contribution in [3.63, 3.8) is 0 Å². The van der Waals surface area contributed by atoms with Gasteiger partial charge in [0.1, 0.15) is 0 Å². The first-order valence-corrected chi connectivity index (χ1v) is 7.17. The third kappa shape index (κ3) is 6.39. The molecule has 0 radical (unpaired) electrons. The fraction of sp³-hybridized carbons (Fsp3) is 1.00. The van der Waals surface area contributed by atoms with E-state index in [1.807, 2.05) is 0 Å². The Kier molecular flexibility index (Phi) is 7.09. The van der Waals surface area contributed by atoms with Crippen LogP contribution in [0.1, 0.15) is 39.0 Å². The zero-order valence-corrected chi connectivity index (χ0v) is 11.9. The third-order valence-electron chi connectivity index (χ3n) is 3.87. The van der Waals surface area contributed by atoms with E-state index in [-0.39, 0.29) is 6.10 Å². The van der Waals surface area contributed by atoms with E-state index in [1.54, 1.807) is 0 Å². The molecule has 102 valence electrons. The van der Waals surface area contributed by atoms with Gasteiger partial charge in [-0.3, -0.25) is 0 Å². The molecule has 0 saturated carbocycles. The summed E-state index contributed by atoms with van der Waals surface area (Å²) in [5.41, 5.74) is 0. The number of aliphatic hydroxyl groups is 1. The minimum atomic E-state index is -0.125. The molecule has 0 aromatic rings. The quantitative estimate of drug-likeness (QED) is 0.737. The number of rotatable bonds is 7. The summed E-state index contributed by atoms with van der Waals surface area (Å²) in [4.78, 5) is 4.70. The van der Waals surface area contributed by atoms with Gasteiger partial charge < -0.3 is 14.9 Å². The van der Waals surface area contributed by atoms with Crippen LogP contribution in [0, 0.1) is 5.92 Å². The summed E-state index contributed by atoms with van der Waals surface area (Å²) in [5.74, 6) is 0.921. The van der Waals surface area contributed by atoms with Crippen LogP contribution in [0.15, 0.2) is 0 Å². The maximum absolute atomic E-state index is 9.63. The Hall–Kier alpha value is -0.120. The molecule has 1 N–H and O–H groups in total. The van der Waals surface area contributed by atoms with Gasteiger partial charge in [0.05, 0.1) is 6.10 Å². The molecular formula is C14H30N2O. The first kappa shape index (κ1) is 14.9. The number of likely N-dealkylation sites (tertiary alicyclic amines) is 1. The van der Waals surface area contributed by atoms with Crippen molar-refractivity contribution >= 4 is 0 Å². The standard InChI is InChI=1S/C14H30N2O/c1-4-14(17)12-16-10-7-13(8-11-16)6-5-9-15(2)3/h13-14,17H,4-12H2,1-3H3. The highest BCUT2D eigenvalue weighted by molar-refractivity contribution is 4.74. The van der Waals surface area contributed by atoms with Crippen molar-refractivity contribution in [3.8, 4) is 0 Å². The Balaban J connectivity index is 2.09. The van der Waals surface area contributed by atoms with Crippen molar-refractivity contribution in [1.29, 1.82) is 0 Å². The molecule has 3 heteroatoms. The first-order chi connectivity index (χ1) is 8.11. The Morgan fingerprint density at radius 3 is 2.47 bits per heavy atom. The maximum Gasteiger partial charge on any atom is 0.0664 e. The van der Waals surface area contributed by atoms with Crippen molar-refractivity contribution in [2.45, 2.75) is 45.1 Å². The Bertz CT molecular complexity index is 189. The normalized spacial score (nSPS) is 21.0. The molecule has 1 fully saturated rings. The SMILES string of the molecule is CCC(O)CN1CCC(CCCN(C)C)CC1. The van der Waals surface area contributed by atoms with Gasteiger partial charge in [0.25, 0.3) is 0 Å². The van der Waals surface area contributed by atoms with Gasteiger partial charge in [-0.05, 0) is 71.8 Å². The van der Waals surface area contributed by atoms with E-state index >= 15 is 0 Å². The lowest BCUT2D eigenvalue weighted by Crippen LogP contribution is -2.38. The second kappa shape index (κ2) is 8.06. The van der Waals surface area contributed by atoms with Crippen molar-refractivity contribution in [2.24, 2.45) is 5.92 Å². The van der Waals surface area contributed by atoms with Crippen molar-refractivity contribution in [1.82, 2.24) is 9.80 Å². The van der Waals surface area contributed by atoms with Gasteiger partial charge in [-0.2, -0.15) is 0 Å². The molecule has 17 heavy (non-hydrogen) atoms. The smallest absolute Gasteiger partial charge is 0.0664 e. The fourth-order valence-corrected chi connectivity index (χ4v) is 2.58. The maximum atomic E-state index is 9.63. The number of hydrogen-bond donors (Lipinski definition) is 1. The van der Waals surface area contributed by atoms with Gasteiger partial charge in [0.2, 0.25) is 0 Å². The number of nitrogens with zero attached hydrogens (tertiary/aromatic N) is 2. The first-order valence-electron chi connectivity index (χ1n) is 7.17. The highest BCUT2D eigenvalue weighted by Crippen LogP contribution is 2.22. The summed E-state index contributed by atoms with van der Waals surface area (Å²) >= 11 is 0. The highest BCUT2D eigenvalue weighted by atomic mass is 16.3. The lowest BCUT2D eigenvalue weighted by atomic mass is 9.92. The lowest BCUT2D eigenvalue weighted by molar-refractivity contribution is 0.0851. The van der Waals surface area contributed by atoms with Crippen LogP contribution in [0.3, 0.4) is 0 Å². The highest BCUT2D eigenvalue weighted by Gasteiger charge is 2.20. The lowest BCUT2D eigenvalue weighted by Gasteiger charge is -2.33. The van der Waals surface area contributed by atoms with Crippen LogP contribution < -0.4 is 0 Å². The van der Waals surface area contributed by atoms with Gasteiger partial charge in [0.15, 0.2) is 0 Å². The van der Waals surface area contributed by atoms with Crippen LogP contribution in [0.25, 0.3) is 0 Å². The number of hydrogen-bond acceptors (Lipinski definition) is 3. The summed E-state index contributed by atoms with van der Waals surface area (Å²) in [6, 6.07) is 0. The van der Waals surface area contributed by atoms with Gasteiger partial charge >= 0.3 is 0 Å². The molecule has 0 spiro atoms. The number of aliphatic hydroxyl groups excluding tert-OH is 1. The van der Waals surface area contributed by atoms with Crippen LogP contribution in [0.4, 0.5) is 0 Å². The van der Waals surface area contributed by atoms with E-state index in [0.717, 1.165) is 18.9 Å². The predicted octanol–water partition coefficient (Wildman–Crippen LogP) is 1.81. The van der Waals surface area contributed by atoms with E-state index in [9.17, 15) is 5.11 Å². The molecule has 1 heterocycles. The number of β-amino-alcohol motifs (C(OH)–C–C–N with tert-alkyl or cyclic N) is 1. The van der Waals surface area contributed by atoms with Crippen molar-refractivity contribution in [2.75, 3.05) is 40.3 Å². The zero-order valence-electron chi connectivity index (χ0n) is 11.9. The molecule has 0 aromatic carbocycles. The van der Waals surface area contributed by atoms with Crippen LogP contribution in [-0.4, -0.2) is 61.3 Å². The molecule has 0 aromatic heterocycles. The van der Waals surface area contributed by atoms with E-state index in [0.29, 0.717) is 0 Å². The predicted molar refractivity (Wildman–Crippen MR) is 73.2 cm³/mol. The molecule has 1 rings (SSSR count). The summed E-state index contributed by atoms with van der Waals surface area (Å²) in [5, 5.41) is 9.63. The molecule has 1 atom stereocenters. The topological polar surface area (TPSA) is 26.7 Å². The van der Waals surface area contributed by atoms with E-state index in [2.05, 4.69) is 30.8 Å². The molecule has 0 aliphatic carbocycles. The Morgan fingerprint density at radius 2 is 1.94 bits per heavy atom. The minimum Gasteiger partial charge on any atom is -0.392 e. The van der Waals surface area contributed by atoms with Gasteiger partial charge in [0, 0.05) is 6.54 Å². The molecular weight excluding hydrogens is 212 g/mol. The summed E-state index contributed by atoms with van der Waals surface area (Å²) in [6.45, 7) is 6.52. The summed E-state index contributed by atoms with van der Waals surface area (Å²) in [6.07, 6.45) is 6.11. The molecule has 1 unspecified atom stereocenters. The van der Waals surface area contributed by atoms with Gasteiger partial charge in [-0.25, -0.2) is 0 Å². The molecule has 1 saturated heterocycles. The van der Waals surface area contributed by atoms with E-state index in [4.69, 9.17) is 0 Å². The Morgan fingerprint density at radius 1 is 1.29 bits per heavy atom. The van der Waals surface area contributed by atoms with Crippen molar-refractivity contribution < 1.29 is 5.11 Å². The molecule has 1 aliphatic rings. The summed E-state index contributed by atoms with van der Waals surface area (Å²) in [7, 11) is 4.30. The third-order valence-corrected chi connectivity index (χ3v) is 3.87. The van der Waals surface area contributed by atoms with Crippen molar-refractivity contribution in [3.05, 3.63) is 0 Å². The largest absolute Gasteiger partial charge is 0.392 e. The minimum absolute atomic E-state index is 0.125. The van der Waals surface area contributed by atoms with Crippen LogP contribution >= 0.6 is 0 Å². The average Bonchev–Trinajstić information content (AvgIpc) is 2.31. The van der Waals surface area contributed by atoms with Gasteiger partial charge in [-0.1, -0.05) is 6.92 Å². The Labute approximate surface area is 107 Å². The average molecular weight is 242 g/mol.